The van der Waals surface area contributed by atoms with Gasteiger partial charge in [-0.05, 0) is 30.5 Å². The van der Waals surface area contributed by atoms with E-state index in [2.05, 4.69) is 10.3 Å². The Labute approximate surface area is 117 Å². The van der Waals surface area contributed by atoms with Crippen molar-refractivity contribution in [3.05, 3.63) is 30.1 Å². The van der Waals surface area contributed by atoms with Gasteiger partial charge in [-0.1, -0.05) is 0 Å². The van der Waals surface area contributed by atoms with Gasteiger partial charge in [0, 0.05) is 19.0 Å². The first-order valence-electron chi connectivity index (χ1n) is 5.68. The quantitative estimate of drug-likeness (QED) is 0.867. The lowest BCUT2D eigenvalue weighted by Gasteiger charge is -2.32. The van der Waals surface area contributed by atoms with Gasteiger partial charge in [-0.15, -0.1) is 24.0 Å². The van der Waals surface area contributed by atoms with Crippen molar-refractivity contribution in [2.24, 2.45) is 0 Å². The zero-order chi connectivity index (χ0) is 12.1. The summed E-state index contributed by atoms with van der Waals surface area (Å²) >= 11 is 5.50. The highest BCUT2D eigenvalue weighted by atomic mass is 35.5. The van der Waals surface area contributed by atoms with E-state index in [4.69, 9.17) is 16.3 Å². The van der Waals surface area contributed by atoms with E-state index < -0.39 is 0 Å². The number of carbonyl (C=O) groups excluding carboxylic acids is 1. The number of hydrogen-bond acceptors (Lipinski definition) is 3. The highest BCUT2D eigenvalue weighted by molar-refractivity contribution is 6.27. The van der Waals surface area contributed by atoms with E-state index >= 15 is 0 Å². The van der Waals surface area contributed by atoms with E-state index in [0.29, 0.717) is 0 Å². The molecule has 0 saturated carbocycles. The van der Waals surface area contributed by atoms with Crippen molar-refractivity contribution in [3.8, 4) is 0 Å². The summed E-state index contributed by atoms with van der Waals surface area (Å²) in [6.45, 7) is 0.722. The van der Waals surface area contributed by atoms with Crippen LogP contribution in [-0.2, 0) is 9.53 Å². The minimum absolute atomic E-state index is 0. The molecular formula is C12H16Cl2N2O2. The van der Waals surface area contributed by atoms with Crippen LogP contribution >= 0.6 is 24.0 Å². The van der Waals surface area contributed by atoms with Crippen molar-refractivity contribution >= 4 is 29.9 Å². The molecule has 6 heteroatoms. The minimum Gasteiger partial charge on any atom is -0.371 e. The molecule has 1 aromatic rings. The number of nitrogens with one attached hydrogen (secondary N) is 1. The van der Waals surface area contributed by atoms with E-state index in [0.717, 1.165) is 25.0 Å². The average molecular weight is 291 g/mol. The summed E-state index contributed by atoms with van der Waals surface area (Å²) < 4.78 is 5.74. The molecule has 1 fully saturated rings. The molecule has 0 bridgehead atoms. The van der Waals surface area contributed by atoms with Crippen molar-refractivity contribution < 1.29 is 9.53 Å². The van der Waals surface area contributed by atoms with Crippen LogP contribution in [0.15, 0.2) is 24.5 Å². The van der Waals surface area contributed by atoms with Gasteiger partial charge in [0.05, 0.1) is 6.04 Å². The molecule has 1 saturated heterocycles. The van der Waals surface area contributed by atoms with Crippen molar-refractivity contribution in [2.45, 2.75) is 25.0 Å². The third kappa shape index (κ3) is 3.83. The number of rotatable bonds is 3. The second-order valence-electron chi connectivity index (χ2n) is 4.02. The molecule has 0 unspecified atom stereocenters. The van der Waals surface area contributed by atoms with E-state index in [9.17, 15) is 4.79 Å². The highest BCUT2D eigenvalue weighted by Crippen LogP contribution is 2.27. The molecule has 1 aliphatic heterocycles. The van der Waals surface area contributed by atoms with Gasteiger partial charge in [0.15, 0.2) is 0 Å². The van der Waals surface area contributed by atoms with Crippen LogP contribution in [0.3, 0.4) is 0 Å². The van der Waals surface area contributed by atoms with Crippen molar-refractivity contribution in [1.29, 1.82) is 0 Å². The molecular weight excluding hydrogens is 275 g/mol. The molecule has 2 atom stereocenters. The molecule has 1 N–H and O–H groups in total. The van der Waals surface area contributed by atoms with Gasteiger partial charge in [0.2, 0.25) is 5.91 Å². The van der Waals surface area contributed by atoms with Crippen LogP contribution in [0.2, 0.25) is 0 Å². The van der Waals surface area contributed by atoms with Crippen LogP contribution in [0.1, 0.15) is 24.5 Å². The lowest BCUT2D eigenvalue weighted by atomic mass is 9.97. The second-order valence-corrected chi connectivity index (χ2v) is 4.29. The molecule has 1 aliphatic rings. The highest BCUT2D eigenvalue weighted by Gasteiger charge is 2.28. The third-order valence-electron chi connectivity index (χ3n) is 2.82. The van der Waals surface area contributed by atoms with Gasteiger partial charge < -0.3 is 10.1 Å². The van der Waals surface area contributed by atoms with Crippen LogP contribution in [0.5, 0.6) is 0 Å². The molecule has 2 heterocycles. The Morgan fingerprint density at radius 3 is 2.89 bits per heavy atom. The molecule has 0 radical (unpaired) electrons. The normalized spacial score (nSPS) is 22.9. The SMILES string of the molecule is Cl.O=C(CCl)N[C@@H]1CCCO[C@H]1c1ccncc1. The monoisotopic (exact) mass is 290 g/mol. The number of carbonyl (C=O) groups is 1. The predicted molar refractivity (Wildman–Crippen MR) is 72.1 cm³/mol. The zero-order valence-corrected chi connectivity index (χ0v) is 11.4. The van der Waals surface area contributed by atoms with Crippen LogP contribution in [0.4, 0.5) is 0 Å². The summed E-state index contributed by atoms with van der Waals surface area (Å²) in [4.78, 5) is 15.3. The smallest absolute Gasteiger partial charge is 0.235 e. The van der Waals surface area contributed by atoms with Crippen LogP contribution in [-0.4, -0.2) is 29.4 Å². The lowest BCUT2D eigenvalue weighted by molar-refractivity contribution is -0.121. The third-order valence-corrected chi connectivity index (χ3v) is 3.07. The maximum absolute atomic E-state index is 11.3. The number of ether oxygens (including phenoxy) is 1. The van der Waals surface area contributed by atoms with Gasteiger partial charge in [-0.25, -0.2) is 0 Å². The van der Waals surface area contributed by atoms with Crippen LogP contribution < -0.4 is 5.32 Å². The molecule has 2 rings (SSSR count). The molecule has 0 aromatic carbocycles. The maximum atomic E-state index is 11.3. The van der Waals surface area contributed by atoms with Crippen molar-refractivity contribution in [1.82, 2.24) is 10.3 Å². The largest absolute Gasteiger partial charge is 0.371 e. The summed E-state index contributed by atoms with van der Waals surface area (Å²) in [6.07, 6.45) is 5.23. The maximum Gasteiger partial charge on any atom is 0.235 e. The molecule has 0 spiro atoms. The van der Waals surface area contributed by atoms with Crippen LogP contribution in [0.25, 0.3) is 0 Å². The molecule has 4 nitrogen and oxygen atoms in total. The number of aromatic nitrogens is 1. The van der Waals surface area contributed by atoms with Crippen molar-refractivity contribution in [2.75, 3.05) is 12.5 Å². The number of amides is 1. The van der Waals surface area contributed by atoms with E-state index in [1.54, 1.807) is 12.4 Å². The summed E-state index contributed by atoms with van der Waals surface area (Å²) in [5.74, 6) is -0.166. The van der Waals surface area contributed by atoms with Gasteiger partial charge in [-0.3, -0.25) is 9.78 Å². The first kappa shape index (κ1) is 15.2. The fraction of sp³-hybridized carbons (Fsp3) is 0.500. The first-order valence-corrected chi connectivity index (χ1v) is 6.21. The Morgan fingerprint density at radius 1 is 1.50 bits per heavy atom. The number of pyridine rings is 1. The number of nitrogens with zero attached hydrogens (tertiary/aromatic N) is 1. The zero-order valence-electron chi connectivity index (χ0n) is 9.84. The standard InChI is InChI=1S/C12H15ClN2O2.ClH/c13-8-11(16)15-10-2-1-7-17-12(10)9-3-5-14-6-4-9;/h3-6,10,12H,1-2,7-8H2,(H,15,16);1H/t10-,12+;/m1./s1. The summed E-state index contributed by atoms with van der Waals surface area (Å²) in [6, 6.07) is 3.82. The number of hydrogen-bond donors (Lipinski definition) is 1. The predicted octanol–water partition coefficient (Wildman–Crippen LogP) is 2.08. The fourth-order valence-corrected chi connectivity index (χ4v) is 2.13. The van der Waals surface area contributed by atoms with Gasteiger partial charge in [0.1, 0.15) is 12.0 Å². The molecule has 1 aromatic heterocycles. The Kier molecular flexibility index (Phi) is 6.39. The molecule has 18 heavy (non-hydrogen) atoms. The molecule has 0 aliphatic carbocycles. The van der Waals surface area contributed by atoms with E-state index in [-0.39, 0.29) is 36.3 Å². The Bertz CT molecular complexity index is 376. The summed E-state index contributed by atoms with van der Waals surface area (Å²) in [5, 5.41) is 2.90. The minimum atomic E-state index is -0.152. The summed E-state index contributed by atoms with van der Waals surface area (Å²) in [7, 11) is 0. The number of alkyl halides is 1. The molecule has 100 valence electrons. The first-order chi connectivity index (χ1) is 8.31. The number of halogens is 2. The Balaban J connectivity index is 0.00000162. The van der Waals surface area contributed by atoms with E-state index in [1.165, 1.54) is 0 Å². The van der Waals surface area contributed by atoms with E-state index in [1.807, 2.05) is 12.1 Å². The van der Waals surface area contributed by atoms with Crippen LogP contribution in [0, 0.1) is 0 Å². The molecule has 1 amide bonds. The van der Waals surface area contributed by atoms with Gasteiger partial charge in [-0.2, -0.15) is 0 Å². The topological polar surface area (TPSA) is 51.2 Å². The fourth-order valence-electron chi connectivity index (χ4n) is 2.06. The summed E-state index contributed by atoms with van der Waals surface area (Å²) in [5.41, 5.74) is 1.04. The lowest BCUT2D eigenvalue weighted by Crippen LogP contribution is -2.43. The Morgan fingerprint density at radius 2 is 2.22 bits per heavy atom. The van der Waals surface area contributed by atoms with Gasteiger partial charge >= 0.3 is 0 Å². The Hall–Kier alpha value is -0.840. The second kappa shape index (κ2) is 7.56. The average Bonchev–Trinajstić information content (AvgIpc) is 2.40. The van der Waals surface area contributed by atoms with Gasteiger partial charge in [0.25, 0.3) is 0 Å². The van der Waals surface area contributed by atoms with Crippen molar-refractivity contribution in [3.63, 3.8) is 0 Å².